The maximum Gasteiger partial charge on any atom is 0.433 e. The second kappa shape index (κ2) is 10.3. The molecule has 2 N–H and O–H groups in total. The van der Waals surface area contributed by atoms with Crippen LogP contribution < -0.4 is 15.4 Å². The summed E-state index contributed by atoms with van der Waals surface area (Å²) in [6.07, 6.45) is -0.575. The minimum atomic E-state index is -4.77. The number of furan rings is 1. The lowest BCUT2D eigenvalue weighted by Gasteiger charge is -2.11. The topological polar surface area (TPSA) is 129 Å². The molecule has 5 rings (SSSR count). The van der Waals surface area contributed by atoms with Gasteiger partial charge in [-0.3, -0.25) is 14.3 Å². The normalized spacial score (nSPS) is 11.5. The molecule has 4 heterocycles. The Hall–Kier alpha value is -5.14. The second-order valence-corrected chi connectivity index (χ2v) is 8.29. The molecular formula is C25H20F3N7O4. The van der Waals surface area contributed by atoms with Gasteiger partial charge in [-0.15, -0.1) is 0 Å². The molecule has 0 fully saturated rings. The van der Waals surface area contributed by atoms with Gasteiger partial charge in [-0.05, 0) is 30.3 Å². The van der Waals surface area contributed by atoms with Crippen molar-refractivity contribution in [1.82, 2.24) is 29.7 Å². The lowest BCUT2D eigenvalue weighted by Crippen LogP contribution is -2.27. The first-order valence-electron chi connectivity index (χ1n) is 11.4. The van der Waals surface area contributed by atoms with E-state index >= 15 is 0 Å². The van der Waals surface area contributed by atoms with Crippen molar-refractivity contribution in [2.75, 3.05) is 12.4 Å². The van der Waals surface area contributed by atoms with E-state index in [0.29, 0.717) is 21.6 Å². The molecule has 0 unspecified atom stereocenters. The molecule has 0 atom stereocenters. The summed E-state index contributed by atoms with van der Waals surface area (Å²) < 4.78 is 53.8. The third-order valence-corrected chi connectivity index (χ3v) is 5.55. The zero-order chi connectivity index (χ0) is 27.6. The number of amides is 2. The number of nitrogens with one attached hydrogen (secondary N) is 2. The van der Waals surface area contributed by atoms with Crippen LogP contribution in [0.15, 0.2) is 71.6 Å². The molecular weight excluding hydrogens is 519 g/mol. The molecule has 0 aliphatic heterocycles. The summed E-state index contributed by atoms with van der Waals surface area (Å²) in [4.78, 5) is 29.2. The maximum atomic E-state index is 13.9. The third-order valence-electron chi connectivity index (χ3n) is 5.55. The van der Waals surface area contributed by atoms with Gasteiger partial charge in [0.2, 0.25) is 5.91 Å². The summed E-state index contributed by atoms with van der Waals surface area (Å²) >= 11 is 0. The molecule has 1 aromatic carbocycles. The Morgan fingerprint density at radius 2 is 1.97 bits per heavy atom. The Morgan fingerprint density at radius 3 is 2.72 bits per heavy atom. The largest absolute Gasteiger partial charge is 0.497 e. The van der Waals surface area contributed by atoms with E-state index in [1.807, 2.05) is 0 Å². The molecule has 11 nitrogen and oxygen atoms in total. The minimum Gasteiger partial charge on any atom is -0.497 e. The molecule has 4 aromatic heterocycles. The van der Waals surface area contributed by atoms with Crippen molar-refractivity contribution in [3.8, 4) is 17.0 Å². The Balaban J connectivity index is 1.34. The number of ether oxygens (including phenoxy) is 1. The van der Waals surface area contributed by atoms with E-state index in [9.17, 15) is 22.8 Å². The van der Waals surface area contributed by atoms with Crippen LogP contribution in [0.4, 0.5) is 18.9 Å². The minimum absolute atomic E-state index is 0.0344. The number of methoxy groups -OCH3 is 1. The predicted octanol–water partition coefficient (Wildman–Crippen LogP) is 3.78. The first kappa shape index (κ1) is 25.5. The van der Waals surface area contributed by atoms with Gasteiger partial charge in [0, 0.05) is 17.8 Å². The fraction of sp³-hybridized carbons (Fsp3) is 0.160. The van der Waals surface area contributed by atoms with Gasteiger partial charge in [0.25, 0.3) is 5.91 Å². The average Bonchev–Trinajstić information content (AvgIpc) is 3.67. The van der Waals surface area contributed by atoms with Crippen LogP contribution in [-0.2, 0) is 24.1 Å². The molecule has 200 valence electrons. The van der Waals surface area contributed by atoms with E-state index < -0.39 is 17.8 Å². The Morgan fingerprint density at radius 1 is 1.13 bits per heavy atom. The number of carbonyl (C=O) groups is 2. The zero-order valence-electron chi connectivity index (χ0n) is 20.3. The molecule has 0 saturated heterocycles. The Bertz CT molecular complexity index is 1640. The van der Waals surface area contributed by atoms with Crippen LogP contribution in [0.2, 0.25) is 0 Å². The van der Waals surface area contributed by atoms with Gasteiger partial charge in [-0.1, -0.05) is 12.1 Å². The lowest BCUT2D eigenvalue weighted by atomic mass is 10.1. The van der Waals surface area contributed by atoms with Crippen molar-refractivity contribution < 1.29 is 31.9 Å². The number of benzene rings is 1. The molecule has 0 aliphatic rings. The second-order valence-electron chi connectivity index (χ2n) is 8.29. The monoisotopic (exact) mass is 539 g/mol. The number of hydrogen-bond acceptors (Lipinski definition) is 7. The van der Waals surface area contributed by atoms with Crippen LogP contribution in [0.5, 0.6) is 5.75 Å². The molecule has 0 spiro atoms. The maximum absolute atomic E-state index is 13.9. The fourth-order valence-electron chi connectivity index (χ4n) is 3.73. The van der Waals surface area contributed by atoms with Crippen LogP contribution in [0.1, 0.15) is 21.9 Å². The van der Waals surface area contributed by atoms with Crippen LogP contribution in [-0.4, -0.2) is 43.3 Å². The van der Waals surface area contributed by atoms with Crippen LogP contribution in [0.25, 0.3) is 16.9 Å². The van der Waals surface area contributed by atoms with E-state index in [4.69, 9.17) is 9.15 Å². The summed E-state index contributed by atoms with van der Waals surface area (Å²) in [5.74, 6) is -0.0847. The van der Waals surface area contributed by atoms with Gasteiger partial charge >= 0.3 is 6.18 Å². The van der Waals surface area contributed by atoms with Crippen molar-refractivity contribution in [2.45, 2.75) is 19.3 Å². The van der Waals surface area contributed by atoms with Gasteiger partial charge in [-0.25, -0.2) is 9.50 Å². The fourth-order valence-corrected chi connectivity index (χ4v) is 3.73. The van der Waals surface area contributed by atoms with Crippen molar-refractivity contribution in [3.63, 3.8) is 0 Å². The lowest BCUT2D eigenvalue weighted by molar-refractivity contribution is -0.142. The van der Waals surface area contributed by atoms with E-state index in [-0.39, 0.29) is 41.7 Å². The average molecular weight is 539 g/mol. The third kappa shape index (κ3) is 5.74. The standard InChI is InChI=1S/C25H20F3N7O4/c1-38-17-5-2-4-15(8-17)19-9-21(25(26,27)28)35-22(32-19)10-20(33-35)24(37)31-16-11-30-34(13-16)14-23(36)29-12-18-6-3-7-39-18/h2-11,13H,12,14H2,1H3,(H,29,36)(H,31,37). The summed E-state index contributed by atoms with van der Waals surface area (Å²) in [5, 5.41) is 13.0. The molecule has 0 radical (unpaired) electrons. The van der Waals surface area contributed by atoms with Gasteiger partial charge in [0.1, 0.15) is 18.1 Å². The van der Waals surface area contributed by atoms with Crippen molar-refractivity contribution in [3.05, 3.63) is 84.3 Å². The van der Waals surface area contributed by atoms with E-state index in [2.05, 4.69) is 25.8 Å². The molecule has 14 heteroatoms. The summed E-state index contributed by atoms with van der Waals surface area (Å²) in [5.41, 5.74) is -0.909. The van der Waals surface area contributed by atoms with Crippen LogP contribution in [0, 0.1) is 0 Å². The summed E-state index contributed by atoms with van der Waals surface area (Å²) in [6, 6.07) is 11.9. The van der Waals surface area contributed by atoms with E-state index in [0.717, 1.165) is 12.1 Å². The number of hydrogen-bond donors (Lipinski definition) is 2. The molecule has 39 heavy (non-hydrogen) atoms. The van der Waals surface area contributed by atoms with E-state index in [1.165, 1.54) is 30.4 Å². The molecule has 0 aliphatic carbocycles. The van der Waals surface area contributed by atoms with Gasteiger partial charge in [0.05, 0.1) is 37.5 Å². The molecule has 0 bridgehead atoms. The highest BCUT2D eigenvalue weighted by molar-refractivity contribution is 6.03. The Labute approximate surface area is 218 Å². The quantitative estimate of drug-likeness (QED) is 0.307. The van der Waals surface area contributed by atoms with Crippen LogP contribution in [0.3, 0.4) is 0 Å². The number of fused-ring (bicyclic) bond motifs is 1. The number of carbonyl (C=O) groups excluding carboxylic acids is 2. The number of rotatable bonds is 8. The van der Waals surface area contributed by atoms with Crippen LogP contribution >= 0.6 is 0 Å². The highest BCUT2D eigenvalue weighted by Gasteiger charge is 2.35. The summed E-state index contributed by atoms with van der Waals surface area (Å²) in [7, 11) is 1.44. The van der Waals surface area contributed by atoms with E-state index in [1.54, 1.807) is 36.4 Å². The van der Waals surface area contributed by atoms with Crippen molar-refractivity contribution >= 4 is 23.1 Å². The van der Waals surface area contributed by atoms with Gasteiger partial charge in [-0.2, -0.15) is 23.4 Å². The van der Waals surface area contributed by atoms with Gasteiger partial charge < -0.3 is 19.8 Å². The molecule has 5 aromatic rings. The molecule has 0 saturated carbocycles. The first-order chi connectivity index (χ1) is 18.7. The van der Waals surface area contributed by atoms with Gasteiger partial charge in [0.15, 0.2) is 17.0 Å². The number of halogens is 3. The predicted molar refractivity (Wildman–Crippen MR) is 131 cm³/mol. The number of alkyl halides is 3. The highest BCUT2D eigenvalue weighted by atomic mass is 19.4. The first-order valence-corrected chi connectivity index (χ1v) is 11.4. The smallest absolute Gasteiger partial charge is 0.433 e. The summed E-state index contributed by atoms with van der Waals surface area (Å²) in [6.45, 7) is 0.0783. The number of anilines is 1. The van der Waals surface area contributed by atoms with Crippen molar-refractivity contribution in [2.24, 2.45) is 0 Å². The molecule has 2 amide bonds. The highest BCUT2D eigenvalue weighted by Crippen LogP contribution is 2.33. The zero-order valence-corrected chi connectivity index (χ0v) is 20.3. The van der Waals surface area contributed by atoms with Crippen molar-refractivity contribution in [1.29, 1.82) is 0 Å². The SMILES string of the molecule is COc1cccc(-c2cc(C(F)(F)F)n3nc(C(=O)Nc4cnn(CC(=O)NCc5ccco5)c4)cc3n2)c1. The number of aromatic nitrogens is 5. The Kier molecular flexibility index (Phi) is 6.75. The number of nitrogens with zero attached hydrogens (tertiary/aromatic N) is 5.